The van der Waals surface area contributed by atoms with E-state index in [1.807, 2.05) is 19.1 Å². The molecule has 2 rings (SSSR count). The van der Waals surface area contributed by atoms with Gasteiger partial charge in [-0.3, -0.25) is 0 Å². The highest BCUT2D eigenvalue weighted by Gasteiger charge is 2.33. The van der Waals surface area contributed by atoms with Gasteiger partial charge in [0, 0.05) is 5.56 Å². The Kier molecular flexibility index (Phi) is 4.48. The van der Waals surface area contributed by atoms with Gasteiger partial charge in [0.25, 0.3) is 0 Å². The average molecular weight is 264 g/mol. The van der Waals surface area contributed by atoms with Crippen LogP contribution in [0.3, 0.4) is 0 Å². The van der Waals surface area contributed by atoms with Gasteiger partial charge in [-0.1, -0.05) is 20.8 Å². The number of rotatable bonds is 5. The Labute approximate surface area is 115 Å². The summed E-state index contributed by atoms with van der Waals surface area (Å²) in [6.07, 6.45) is 1.02. The van der Waals surface area contributed by atoms with Gasteiger partial charge in [0.2, 0.25) is 0 Å². The van der Waals surface area contributed by atoms with Crippen molar-refractivity contribution >= 4 is 0 Å². The Morgan fingerprint density at radius 3 is 2.53 bits per heavy atom. The number of benzene rings is 1. The normalized spacial score (nSPS) is 17.9. The lowest BCUT2D eigenvalue weighted by molar-refractivity contribution is -0.149. The molecule has 0 spiro atoms. The predicted octanol–water partition coefficient (Wildman–Crippen LogP) is 3.82. The summed E-state index contributed by atoms with van der Waals surface area (Å²) in [5.41, 5.74) is 2.28. The first kappa shape index (κ1) is 14.4. The van der Waals surface area contributed by atoms with E-state index >= 15 is 0 Å². The van der Waals surface area contributed by atoms with Crippen LogP contribution in [0.4, 0.5) is 0 Å². The molecule has 3 nitrogen and oxygen atoms in total. The third kappa shape index (κ3) is 3.10. The molecule has 0 bridgehead atoms. The van der Waals surface area contributed by atoms with Crippen LogP contribution in [0.15, 0.2) is 18.2 Å². The van der Waals surface area contributed by atoms with Gasteiger partial charge in [-0.2, -0.15) is 0 Å². The van der Waals surface area contributed by atoms with Crippen molar-refractivity contribution in [3.63, 3.8) is 0 Å². The van der Waals surface area contributed by atoms with Crippen molar-refractivity contribution in [3.8, 4) is 5.75 Å². The first-order valence-corrected chi connectivity index (χ1v) is 7.12. The summed E-state index contributed by atoms with van der Waals surface area (Å²) in [4.78, 5) is 0. The van der Waals surface area contributed by atoms with Gasteiger partial charge < -0.3 is 14.2 Å². The molecule has 0 unspecified atom stereocenters. The highest BCUT2D eigenvalue weighted by atomic mass is 16.7. The molecule has 1 fully saturated rings. The van der Waals surface area contributed by atoms with Gasteiger partial charge in [0.1, 0.15) is 5.75 Å². The van der Waals surface area contributed by atoms with Crippen LogP contribution < -0.4 is 4.74 Å². The summed E-state index contributed by atoms with van der Waals surface area (Å²) < 4.78 is 17.3. The zero-order valence-corrected chi connectivity index (χ0v) is 12.4. The van der Waals surface area contributed by atoms with Crippen LogP contribution in [0.2, 0.25) is 0 Å². The lowest BCUT2D eigenvalue weighted by atomic mass is 9.96. The summed E-state index contributed by atoms with van der Waals surface area (Å²) in [7, 11) is 0. The minimum Gasteiger partial charge on any atom is -0.493 e. The Morgan fingerprint density at radius 2 is 1.95 bits per heavy atom. The molecule has 1 aliphatic rings. The first-order valence-electron chi connectivity index (χ1n) is 7.12. The molecule has 19 heavy (non-hydrogen) atoms. The van der Waals surface area contributed by atoms with E-state index in [1.54, 1.807) is 0 Å². The van der Waals surface area contributed by atoms with E-state index in [0.717, 1.165) is 24.3 Å². The predicted molar refractivity (Wildman–Crippen MR) is 75.6 cm³/mol. The molecule has 1 aromatic carbocycles. The molecule has 0 atom stereocenters. The maximum Gasteiger partial charge on any atom is 0.192 e. The molecule has 0 aromatic heterocycles. The van der Waals surface area contributed by atoms with E-state index in [9.17, 15) is 0 Å². The maximum absolute atomic E-state index is 5.82. The molecule has 0 saturated carbocycles. The summed E-state index contributed by atoms with van der Waals surface area (Å²) >= 11 is 0. The summed E-state index contributed by atoms with van der Waals surface area (Å²) in [5, 5.41) is 0. The zero-order valence-electron chi connectivity index (χ0n) is 12.4. The van der Waals surface area contributed by atoms with Gasteiger partial charge in [-0.05, 0) is 43.0 Å². The van der Waals surface area contributed by atoms with Crippen LogP contribution >= 0.6 is 0 Å². The van der Waals surface area contributed by atoms with E-state index < -0.39 is 5.79 Å². The summed E-state index contributed by atoms with van der Waals surface area (Å²) in [5.74, 6) is 0.784. The topological polar surface area (TPSA) is 27.7 Å². The van der Waals surface area contributed by atoms with Crippen molar-refractivity contribution in [2.75, 3.05) is 19.8 Å². The largest absolute Gasteiger partial charge is 0.493 e. The van der Waals surface area contributed by atoms with E-state index in [1.165, 1.54) is 5.56 Å². The highest BCUT2D eigenvalue weighted by molar-refractivity contribution is 5.40. The van der Waals surface area contributed by atoms with E-state index in [2.05, 4.69) is 26.8 Å². The molecule has 1 aliphatic heterocycles. The van der Waals surface area contributed by atoms with Gasteiger partial charge in [-0.25, -0.2) is 0 Å². The lowest BCUT2D eigenvalue weighted by Crippen LogP contribution is -2.22. The molecule has 1 saturated heterocycles. The fourth-order valence-electron chi connectivity index (χ4n) is 2.31. The third-order valence-electron chi connectivity index (χ3n) is 3.46. The van der Waals surface area contributed by atoms with Crippen LogP contribution in [0.5, 0.6) is 5.75 Å². The minimum atomic E-state index is -0.604. The highest BCUT2D eigenvalue weighted by Crippen LogP contribution is 2.35. The molecule has 0 aliphatic carbocycles. The average Bonchev–Trinajstić information content (AvgIpc) is 2.84. The minimum absolute atomic E-state index is 0.414. The molecule has 1 aromatic rings. The summed E-state index contributed by atoms with van der Waals surface area (Å²) in [6, 6.07) is 6.24. The van der Waals surface area contributed by atoms with Crippen LogP contribution in [-0.2, 0) is 15.3 Å². The smallest absolute Gasteiger partial charge is 0.192 e. The third-order valence-corrected chi connectivity index (χ3v) is 3.46. The van der Waals surface area contributed by atoms with Crippen molar-refractivity contribution in [2.45, 2.75) is 45.8 Å². The van der Waals surface area contributed by atoms with Gasteiger partial charge >= 0.3 is 0 Å². The number of hydrogen-bond donors (Lipinski definition) is 0. The fraction of sp³-hybridized carbons (Fsp3) is 0.625. The number of ether oxygens (including phenoxy) is 3. The molecule has 0 N–H and O–H groups in total. The van der Waals surface area contributed by atoms with Gasteiger partial charge in [0.05, 0.1) is 19.8 Å². The molecular formula is C16H24O3. The molecule has 0 amide bonds. The van der Waals surface area contributed by atoms with Crippen LogP contribution in [0, 0.1) is 0 Å². The van der Waals surface area contributed by atoms with Crippen molar-refractivity contribution in [1.29, 1.82) is 0 Å². The van der Waals surface area contributed by atoms with Crippen LogP contribution in [0.25, 0.3) is 0 Å². The molecular weight excluding hydrogens is 240 g/mol. The van der Waals surface area contributed by atoms with E-state index in [-0.39, 0.29) is 0 Å². The molecule has 3 heteroatoms. The fourth-order valence-corrected chi connectivity index (χ4v) is 2.31. The Balaban J connectivity index is 2.30. The monoisotopic (exact) mass is 264 g/mol. The Morgan fingerprint density at radius 1 is 1.26 bits per heavy atom. The maximum atomic E-state index is 5.82. The SMILES string of the molecule is CCCOc1ccc(C2(C)OCCO2)cc1C(C)C. The van der Waals surface area contributed by atoms with Crippen molar-refractivity contribution in [1.82, 2.24) is 0 Å². The van der Waals surface area contributed by atoms with Crippen LogP contribution in [-0.4, -0.2) is 19.8 Å². The van der Waals surface area contributed by atoms with Gasteiger partial charge in [-0.15, -0.1) is 0 Å². The van der Waals surface area contributed by atoms with Crippen molar-refractivity contribution in [3.05, 3.63) is 29.3 Å². The lowest BCUT2D eigenvalue weighted by Gasteiger charge is -2.25. The number of hydrogen-bond acceptors (Lipinski definition) is 3. The second kappa shape index (κ2) is 5.93. The molecule has 0 radical (unpaired) electrons. The molecule has 106 valence electrons. The van der Waals surface area contributed by atoms with Crippen LogP contribution in [0.1, 0.15) is 51.2 Å². The first-order chi connectivity index (χ1) is 9.07. The summed E-state index contributed by atoms with van der Waals surface area (Å²) in [6.45, 7) is 10.5. The van der Waals surface area contributed by atoms with Crippen molar-refractivity contribution in [2.24, 2.45) is 0 Å². The Bertz CT molecular complexity index is 420. The standard InChI is InChI=1S/C16H24O3/c1-5-8-17-15-7-6-13(11-14(15)12(2)3)16(4)18-9-10-19-16/h6-7,11-12H,5,8-10H2,1-4H3. The molecule has 1 heterocycles. The van der Waals surface area contributed by atoms with Crippen molar-refractivity contribution < 1.29 is 14.2 Å². The zero-order chi connectivity index (χ0) is 13.9. The second-order valence-corrected chi connectivity index (χ2v) is 5.40. The quantitative estimate of drug-likeness (QED) is 0.809. The Hall–Kier alpha value is -1.06. The van der Waals surface area contributed by atoms with E-state index in [4.69, 9.17) is 14.2 Å². The second-order valence-electron chi connectivity index (χ2n) is 5.40. The van der Waals surface area contributed by atoms with E-state index in [0.29, 0.717) is 19.1 Å². The van der Waals surface area contributed by atoms with Gasteiger partial charge in [0.15, 0.2) is 5.79 Å².